The number of allylic oxidation sites excluding steroid dienone is 2. The predicted molar refractivity (Wildman–Crippen MR) is 246 cm³/mol. The molecule has 3 unspecified atom stereocenters. The normalized spacial score (nSPS) is 19.6. The molecular weight excluding hydrogens is 699 g/mol. The third-order valence-electron chi connectivity index (χ3n) is 14.6. The predicted octanol–water partition coefficient (Wildman–Crippen LogP) is 13.5. The molecular formula is C57H43N. The van der Waals surface area contributed by atoms with Gasteiger partial charge in [-0.1, -0.05) is 166 Å². The number of hydrogen-bond acceptors (Lipinski definition) is 1. The largest absolute Gasteiger partial charge is 0.309 e. The molecule has 0 amide bonds. The highest BCUT2D eigenvalue weighted by molar-refractivity contribution is 6.26. The maximum absolute atomic E-state index is 2.60. The summed E-state index contributed by atoms with van der Waals surface area (Å²) in [6.45, 7) is 7.34. The van der Waals surface area contributed by atoms with Crippen LogP contribution in [0, 0.1) is 5.92 Å². The summed E-state index contributed by atoms with van der Waals surface area (Å²) in [4.78, 5) is 2.60. The summed E-state index contributed by atoms with van der Waals surface area (Å²) in [6, 6.07) is 53.8. The fourth-order valence-electron chi connectivity index (χ4n) is 12.1. The molecule has 0 saturated carbocycles. The van der Waals surface area contributed by atoms with Crippen LogP contribution in [0.3, 0.4) is 0 Å². The molecule has 0 saturated heterocycles. The van der Waals surface area contributed by atoms with E-state index in [-0.39, 0.29) is 11.3 Å². The average Bonchev–Trinajstić information content (AvgIpc) is 3.42. The first-order chi connectivity index (χ1) is 28.5. The third kappa shape index (κ3) is 4.21. The van der Waals surface area contributed by atoms with Gasteiger partial charge in [0.25, 0.3) is 0 Å². The van der Waals surface area contributed by atoms with E-state index in [9.17, 15) is 0 Å². The van der Waals surface area contributed by atoms with Crippen LogP contribution in [0.4, 0.5) is 17.1 Å². The Hall–Kier alpha value is -6.44. The van der Waals surface area contributed by atoms with E-state index in [2.05, 4.69) is 190 Å². The minimum atomic E-state index is -0.235. The van der Waals surface area contributed by atoms with Crippen molar-refractivity contribution in [2.45, 2.75) is 50.9 Å². The summed E-state index contributed by atoms with van der Waals surface area (Å²) in [6.07, 6.45) is 11.7. The van der Waals surface area contributed by atoms with Gasteiger partial charge in [0.1, 0.15) is 0 Å². The van der Waals surface area contributed by atoms with Gasteiger partial charge in [0.05, 0.1) is 17.1 Å². The van der Waals surface area contributed by atoms with Crippen LogP contribution in [0.25, 0.3) is 66.4 Å². The smallest absolute Gasteiger partial charge is 0.0540 e. The highest BCUT2D eigenvalue weighted by Crippen LogP contribution is 2.58. The van der Waals surface area contributed by atoms with Crippen LogP contribution >= 0.6 is 0 Å². The summed E-state index contributed by atoms with van der Waals surface area (Å²) >= 11 is 0. The molecule has 9 aromatic rings. The highest BCUT2D eigenvalue weighted by Gasteiger charge is 2.41. The first-order valence-corrected chi connectivity index (χ1v) is 21.2. The third-order valence-corrected chi connectivity index (χ3v) is 14.6. The number of nitrogens with zero attached hydrogens (tertiary/aromatic N) is 1. The molecule has 1 aliphatic heterocycles. The quantitative estimate of drug-likeness (QED) is 0.160. The van der Waals surface area contributed by atoms with E-state index in [0.29, 0.717) is 11.8 Å². The maximum Gasteiger partial charge on any atom is 0.0540 e. The minimum Gasteiger partial charge on any atom is -0.309 e. The number of para-hydroxylation sites is 1. The number of anilines is 3. The fourth-order valence-corrected chi connectivity index (χ4v) is 12.1. The van der Waals surface area contributed by atoms with E-state index in [0.717, 1.165) is 12.8 Å². The van der Waals surface area contributed by atoms with Gasteiger partial charge in [0, 0.05) is 22.6 Å². The van der Waals surface area contributed by atoms with Crippen LogP contribution in [-0.2, 0) is 11.8 Å². The van der Waals surface area contributed by atoms with Gasteiger partial charge in [-0.2, -0.15) is 0 Å². The number of rotatable bonds is 2. The summed E-state index contributed by atoms with van der Waals surface area (Å²) in [5.41, 5.74) is 15.1. The lowest BCUT2D eigenvalue weighted by Gasteiger charge is -2.44. The molecule has 3 atom stereocenters. The molecule has 0 bridgehead atoms. The molecule has 276 valence electrons. The Morgan fingerprint density at radius 3 is 2.22 bits per heavy atom. The molecule has 0 spiro atoms. The van der Waals surface area contributed by atoms with Crippen LogP contribution < -0.4 is 15.3 Å². The second kappa shape index (κ2) is 11.6. The second-order valence-electron chi connectivity index (χ2n) is 17.9. The molecule has 1 heterocycles. The monoisotopic (exact) mass is 741 g/mol. The van der Waals surface area contributed by atoms with E-state index < -0.39 is 0 Å². The van der Waals surface area contributed by atoms with Gasteiger partial charge in [-0.25, -0.2) is 0 Å². The number of aryl methyl sites for hydroxylation is 1. The van der Waals surface area contributed by atoms with Crippen molar-refractivity contribution in [2.24, 2.45) is 5.92 Å². The second-order valence-corrected chi connectivity index (χ2v) is 17.9. The number of fused-ring (bicyclic) bond motifs is 6. The Balaban J connectivity index is 1.06. The van der Waals surface area contributed by atoms with Gasteiger partial charge in [-0.05, 0) is 130 Å². The lowest BCUT2D eigenvalue weighted by Crippen LogP contribution is -2.31. The molecule has 4 aliphatic rings. The molecule has 3 aliphatic carbocycles. The molecule has 13 rings (SSSR count). The van der Waals surface area contributed by atoms with Gasteiger partial charge in [0.15, 0.2) is 0 Å². The maximum atomic E-state index is 2.60. The molecule has 1 heteroatoms. The standard InChI is InChI=1S/C57H43N/c1-33-32-46-43(28-22-37-21-19-36-12-9-15-40(33)52(36)54(37)46)42-27-23-39-26-31-50-56(55(39)44-14-5-4-13-41(42)44)57(2,3)47-16-6-7-17-49(47)58(50)48-30-25-38-20-18-34-10-8-11-35-24-29-45(48)53(38)51(34)35/h4-22,24-26,28-33,40,42H,23,27H2,1-3H3. The molecule has 0 N–H and O–H groups in total. The Kier molecular flexibility index (Phi) is 6.51. The molecule has 58 heavy (non-hydrogen) atoms. The van der Waals surface area contributed by atoms with Crippen molar-refractivity contribution in [3.63, 3.8) is 0 Å². The fraction of sp³-hybridized carbons (Fsp3) is 0.158. The zero-order valence-electron chi connectivity index (χ0n) is 33.2. The Morgan fingerprint density at radius 2 is 1.33 bits per heavy atom. The van der Waals surface area contributed by atoms with Crippen LogP contribution in [0.5, 0.6) is 0 Å². The summed E-state index contributed by atoms with van der Waals surface area (Å²) in [5.74, 6) is 1.16. The molecule has 0 fully saturated rings. The van der Waals surface area contributed by atoms with E-state index in [1.165, 1.54) is 115 Å². The van der Waals surface area contributed by atoms with E-state index >= 15 is 0 Å². The van der Waals surface area contributed by atoms with Crippen molar-refractivity contribution in [3.05, 3.63) is 195 Å². The van der Waals surface area contributed by atoms with E-state index in [4.69, 9.17) is 0 Å². The van der Waals surface area contributed by atoms with Gasteiger partial charge < -0.3 is 4.90 Å². The Morgan fingerprint density at radius 1 is 0.603 bits per heavy atom. The van der Waals surface area contributed by atoms with Crippen molar-refractivity contribution >= 4 is 72.3 Å². The van der Waals surface area contributed by atoms with Crippen molar-refractivity contribution in [2.75, 3.05) is 4.90 Å². The first kappa shape index (κ1) is 32.6. The topological polar surface area (TPSA) is 3.24 Å². The lowest BCUT2D eigenvalue weighted by molar-refractivity contribution is 0.632. The van der Waals surface area contributed by atoms with Crippen molar-refractivity contribution in [3.8, 4) is 11.1 Å². The van der Waals surface area contributed by atoms with Gasteiger partial charge >= 0.3 is 0 Å². The zero-order valence-corrected chi connectivity index (χ0v) is 33.2. The van der Waals surface area contributed by atoms with Crippen LogP contribution in [0.1, 0.15) is 72.4 Å². The highest BCUT2D eigenvalue weighted by atomic mass is 15.2. The van der Waals surface area contributed by atoms with Crippen LogP contribution in [0.15, 0.2) is 152 Å². The number of hydrogen-bond donors (Lipinski definition) is 0. The SMILES string of the molecule is CC1C=c2c(C3CCc4ccc5c(c4-c4ccccc43)C(C)(C)c3ccccc3N5c3ccc4ccc5cccc6ccc3c4c56)ccc3ccc4c(c23)C1C=CC=4. The van der Waals surface area contributed by atoms with Crippen LogP contribution in [-0.4, -0.2) is 0 Å². The Bertz CT molecular complexity index is 3400. The minimum absolute atomic E-state index is 0.235. The van der Waals surface area contributed by atoms with Gasteiger partial charge in [0.2, 0.25) is 0 Å². The van der Waals surface area contributed by atoms with E-state index in [1.807, 2.05) is 0 Å². The molecule has 0 aromatic heterocycles. The molecule has 0 radical (unpaired) electrons. The molecule has 9 aromatic carbocycles. The summed E-state index contributed by atoms with van der Waals surface area (Å²) in [5, 5.41) is 13.6. The zero-order chi connectivity index (χ0) is 38.4. The van der Waals surface area contributed by atoms with Gasteiger partial charge in [-0.15, -0.1) is 0 Å². The van der Waals surface area contributed by atoms with Crippen molar-refractivity contribution in [1.29, 1.82) is 0 Å². The van der Waals surface area contributed by atoms with Gasteiger partial charge in [-0.3, -0.25) is 0 Å². The summed E-state index contributed by atoms with van der Waals surface area (Å²) < 4.78 is 0. The van der Waals surface area contributed by atoms with Crippen LogP contribution in [0.2, 0.25) is 0 Å². The number of benzene rings is 9. The van der Waals surface area contributed by atoms with E-state index in [1.54, 1.807) is 0 Å². The summed E-state index contributed by atoms with van der Waals surface area (Å²) in [7, 11) is 0. The lowest BCUT2D eigenvalue weighted by atomic mass is 9.69. The Labute approximate surface area is 339 Å². The molecule has 1 nitrogen and oxygen atoms in total. The average molecular weight is 742 g/mol. The first-order valence-electron chi connectivity index (χ1n) is 21.2. The van der Waals surface area contributed by atoms with Crippen molar-refractivity contribution < 1.29 is 0 Å². The van der Waals surface area contributed by atoms with Crippen molar-refractivity contribution in [1.82, 2.24) is 0 Å².